The Kier molecular flexibility index (Phi) is 10.2. The number of carbonyl (C=O) groups is 3. The summed E-state index contributed by atoms with van der Waals surface area (Å²) >= 11 is 0. The highest BCUT2D eigenvalue weighted by atomic mass is 19.4. The van der Waals surface area contributed by atoms with E-state index in [0.29, 0.717) is 11.3 Å². The van der Waals surface area contributed by atoms with Gasteiger partial charge in [-0.3, -0.25) is 9.69 Å². The van der Waals surface area contributed by atoms with E-state index in [1.165, 1.54) is 17.0 Å². The first-order valence-corrected chi connectivity index (χ1v) is 16.0. The number of alkyl halides is 3. The van der Waals surface area contributed by atoms with E-state index >= 15 is 0 Å². The summed E-state index contributed by atoms with van der Waals surface area (Å²) in [4.78, 5) is 40.9. The lowest BCUT2D eigenvalue weighted by atomic mass is 9.83. The minimum absolute atomic E-state index is 0.0421. The second kappa shape index (κ2) is 14.2. The van der Waals surface area contributed by atoms with Crippen molar-refractivity contribution in [2.75, 3.05) is 0 Å². The molecule has 5 rings (SSSR count). The van der Waals surface area contributed by atoms with Crippen molar-refractivity contribution in [1.82, 2.24) is 10.2 Å². The Morgan fingerprint density at radius 2 is 1.59 bits per heavy atom. The first kappa shape index (κ1) is 35.3. The Labute approximate surface area is 283 Å². The molecule has 2 amide bonds. The maximum atomic E-state index is 13.8. The molecule has 11 heteroatoms. The fraction of sp³-hybridized carbons (Fsp3) is 0.342. The molecule has 8 nitrogen and oxygen atoms in total. The number of rotatable bonds is 8. The SMILES string of the molecule is CC1CC(c2ccccc2)=CC=C1C[C@@H](NC(=O)[C@H]1Cc2ccc(Oc3ccc(C(F)(F)F)cc3)cc2CN1C(=O)OC(C)(C)C)C(=O)O. The third-order valence-electron chi connectivity index (χ3n) is 8.51. The number of nitrogens with one attached hydrogen (secondary N) is 1. The Hall–Kier alpha value is -5.06. The van der Waals surface area contributed by atoms with Gasteiger partial charge in [0.2, 0.25) is 5.91 Å². The van der Waals surface area contributed by atoms with Crippen LogP contribution in [0.2, 0.25) is 0 Å². The molecule has 3 aromatic carbocycles. The molecule has 258 valence electrons. The molecule has 0 saturated carbocycles. The lowest BCUT2D eigenvalue weighted by Gasteiger charge is -2.37. The van der Waals surface area contributed by atoms with Crippen LogP contribution in [0, 0.1) is 5.92 Å². The van der Waals surface area contributed by atoms with E-state index in [2.05, 4.69) is 5.32 Å². The van der Waals surface area contributed by atoms with Crippen LogP contribution in [0.4, 0.5) is 18.0 Å². The zero-order valence-corrected chi connectivity index (χ0v) is 27.7. The summed E-state index contributed by atoms with van der Waals surface area (Å²) in [7, 11) is 0. The Bertz CT molecular complexity index is 1760. The van der Waals surface area contributed by atoms with Crippen LogP contribution in [0.25, 0.3) is 5.57 Å². The van der Waals surface area contributed by atoms with Crippen molar-refractivity contribution < 1.29 is 42.1 Å². The van der Waals surface area contributed by atoms with Crippen LogP contribution in [0.5, 0.6) is 11.5 Å². The van der Waals surface area contributed by atoms with Crippen LogP contribution in [-0.4, -0.2) is 45.7 Å². The molecule has 0 bridgehead atoms. The Balaban J connectivity index is 1.34. The minimum atomic E-state index is -4.47. The molecule has 0 aromatic heterocycles. The summed E-state index contributed by atoms with van der Waals surface area (Å²) in [5.74, 6) is -1.24. The van der Waals surface area contributed by atoms with Gasteiger partial charge in [0.1, 0.15) is 29.2 Å². The number of carbonyl (C=O) groups excluding carboxylic acids is 2. The molecule has 0 fully saturated rings. The highest BCUT2D eigenvalue weighted by Gasteiger charge is 2.39. The van der Waals surface area contributed by atoms with Gasteiger partial charge in [-0.05, 0) is 98.2 Å². The summed E-state index contributed by atoms with van der Waals surface area (Å²) in [5.41, 5.74) is 2.86. The second-order valence-electron chi connectivity index (χ2n) is 13.4. The molecule has 3 aromatic rings. The van der Waals surface area contributed by atoms with Crippen molar-refractivity contribution in [2.24, 2.45) is 5.92 Å². The van der Waals surface area contributed by atoms with Gasteiger partial charge in [0.15, 0.2) is 0 Å². The van der Waals surface area contributed by atoms with Gasteiger partial charge >= 0.3 is 18.2 Å². The number of benzene rings is 3. The number of hydrogen-bond donors (Lipinski definition) is 2. The molecule has 1 aliphatic carbocycles. The molecule has 0 saturated heterocycles. The highest BCUT2D eigenvalue weighted by Crippen LogP contribution is 2.35. The van der Waals surface area contributed by atoms with Crippen LogP contribution < -0.4 is 10.1 Å². The van der Waals surface area contributed by atoms with Crippen molar-refractivity contribution in [3.05, 3.63) is 113 Å². The molecule has 0 spiro atoms. The van der Waals surface area contributed by atoms with Crippen LogP contribution in [0.3, 0.4) is 0 Å². The molecular formula is C38H39F3N2O6. The Morgan fingerprint density at radius 1 is 0.918 bits per heavy atom. The van der Waals surface area contributed by atoms with Gasteiger partial charge in [-0.15, -0.1) is 0 Å². The fourth-order valence-corrected chi connectivity index (χ4v) is 5.96. The van der Waals surface area contributed by atoms with Gasteiger partial charge in [-0.1, -0.05) is 61.0 Å². The third-order valence-corrected chi connectivity index (χ3v) is 8.51. The predicted molar refractivity (Wildman–Crippen MR) is 178 cm³/mol. The van der Waals surface area contributed by atoms with Gasteiger partial charge in [-0.2, -0.15) is 13.2 Å². The number of ether oxygens (including phenoxy) is 2. The van der Waals surface area contributed by atoms with Crippen LogP contribution in [0.15, 0.2) is 90.5 Å². The molecule has 0 radical (unpaired) electrons. The van der Waals surface area contributed by atoms with E-state index in [9.17, 15) is 32.7 Å². The molecule has 1 unspecified atom stereocenters. The average Bonchev–Trinajstić information content (AvgIpc) is 3.04. The molecule has 1 heterocycles. The monoisotopic (exact) mass is 676 g/mol. The van der Waals surface area contributed by atoms with Gasteiger partial charge in [0.25, 0.3) is 0 Å². The van der Waals surface area contributed by atoms with Gasteiger partial charge in [-0.25, -0.2) is 9.59 Å². The lowest BCUT2D eigenvalue weighted by molar-refractivity contribution is -0.142. The highest BCUT2D eigenvalue weighted by molar-refractivity contribution is 5.90. The van der Waals surface area contributed by atoms with E-state index in [1.54, 1.807) is 39.0 Å². The summed E-state index contributed by atoms with van der Waals surface area (Å²) in [6.07, 6.45) is -0.404. The zero-order valence-electron chi connectivity index (χ0n) is 27.7. The minimum Gasteiger partial charge on any atom is -0.480 e. The lowest BCUT2D eigenvalue weighted by Crippen LogP contribution is -2.56. The average molecular weight is 677 g/mol. The smallest absolute Gasteiger partial charge is 0.416 e. The fourth-order valence-electron chi connectivity index (χ4n) is 5.96. The van der Waals surface area contributed by atoms with Crippen LogP contribution in [0.1, 0.15) is 62.8 Å². The number of amides is 2. The molecular weight excluding hydrogens is 637 g/mol. The second-order valence-corrected chi connectivity index (χ2v) is 13.4. The van der Waals surface area contributed by atoms with Crippen molar-refractivity contribution in [3.8, 4) is 11.5 Å². The summed E-state index contributed by atoms with van der Waals surface area (Å²) in [5, 5.41) is 12.8. The number of fused-ring (bicyclic) bond motifs is 1. The summed E-state index contributed by atoms with van der Waals surface area (Å²) < 4.78 is 50.4. The van der Waals surface area contributed by atoms with Crippen molar-refractivity contribution in [2.45, 2.75) is 77.4 Å². The van der Waals surface area contributed by atoms with Crippen LogP contribution >= 0.6 is 0 Å². The zero-order chi connectivity index (χ0) is 35.5. The molecule has 3 atom stereocenters. The topological polar surface area (TPSA) is 105 Å². The first-order chi connectivity index (χ1) is 23.1. The van der Waals surface area contributed by atoms with Crippen molar-refractivity contribution in [3.63, 3.8) is 0 Å². The Morgan fingerprint density at radius 3 is 2.20 bits per heavy atom. The number of carboxylic acids is 1. The van der Waals surface area contributed by atoms with E-state index in [1.807, 2.05) is 49.4 Å². The number of carboxylic acid groups (broad SMARTS) is 1. The number of allylic oxidation sites excluding steroid dienone is 3. The number of halogens is 3. The number of nitrogens with zero attached hydrogens (tertiary/aromatic N) is 1. The molecule has 2 N–H and O–H groups in total. The van der Waals surface area contributed by atoms with E-state index in [0.717, 1.165) is 40.8 Å². The van der Waals surface area contributed by atoms with E-state index in [4.69, 9.17) is 9.47 Å². The van der Waals surface area contributed by atoms with E-state index in [-0.39, 0.29) is 31.1 Å². The van der Waals surface area contributed by atoms with Crippen LogP contribution in [-0.2, 0) is 33.5 Å². The van der Waals surface area contributed by atoms with Gasteiger partial charge in [0, 0.05) is 6.42 Å². The maximum absolute atomic E-state index is 13.8. The summed E-state index contributed by atoms with van der Waals surface area (Å²) in [6.45, 7) is 7.08. The normalized spacial score (nSPS) is 18.4. The van der Waals surface area contributed by atoms with Gasteiger partial charge < -0.3 is 19.9 Å². The van der Waals surface area contributed by atoms with E-state index < -0.39 is 47.4 Å². The standard InChI is InChI=1S/C38H39F3N2O6/c1-23-18-26(24-8-6-5-7-9-24)11-10-25(23)20-32(35(45)46)42-34(44)33-21-27-12-15-31(48-30-16-13-29(14-17-30)38(39,40)41)19-28(27)22-43(33)36(47)49-37(2,3)4/h5-17,19,23,32-33H,18,20-22H2,1-4H3,(H,42,44)(H,45,46)/t23?,32-,33-/m1/s1. The predicted octanol–water partition coefficient (Wildman–Crippen LogP) is 8.17. The van der Waals surface area contributed by atoms with Crippen molar-refractivity contribution >= 4 is 23.5 Å². The van der Waals surface area contributed by atoms with Crippen molar-refractivity contribution in [1.29, 1.82) is 0 Å². The maximum Gasteiger partial charge on any atom is 0.416 e. The summed E-state index contributed by atoms with van der Waals surface area (Å²) in [6, 6.07) is 17.0. The third kappa shape index (κ3) is 8.90. The molecule has 1 aliphatic heterocycles. The quantitative estimate of drug-likeness (QED) is 0.250. The molecule has 2 aliphatic rings. The van der Waals surface area contributed by atoms with Gasteiger partial charge in [0.05, 0.1) is 12.1 Å². The molecule has 49 heavy (non-hydrogen) atoms. The number of hydrogen-bond acceptors (Lipinski definition) is 5. The number of aliphatic carboxylic acids is 1. The largest absolute Gasteiger partial charge is 0.480 e. The first-order valence-electron chi connectivity index (χ1n) is 16.0.